The Morgan fingerprint density at radius 2 is 2.27 bits per heavy atom. The summed E-state index contributed by atoms with van der Waals surface area (Å²) in [5, 5.41) is 1.28. The van der Waals surface area contributed by atoms with E-state index < -0.39 is 0 Å². The van der Waals surface area contributed by atoms with Crippen LogP contribution in [0, 0.1) is 5.92 Å². The molecule has 2 rings (SSSR count). The lowest BCUT2D eigenvalue weighted by Gasteiger charge is -2.06. The zero-order valence-electron chi connectivity index (χ0n) is 8.54. The van der Waals surface area contributed by atoms with Crippen LogP contribution in [-0.2, 0) is 0 Å². The van der Waals surface area contributed by atoms with Crippen molar-refractivity contribution in [1.82, 2.24) is 9.97 Å². The minimum Gasteiger partial charge on any atom is -0.346 e. The van der Waals surface area contributed by atoms with Crippen LogP contribution in [0.25, 0.3) is 11.0 Å². The number of pyridine rings is 1. The molecular formula is C11H11ClN2O. The van der Waals surface area contributed by atoms with E-state index in [1.165, 1.54) is 6.20 Å². The second-order valence-corrected chi connectivity index (χ2v) is 4.12. The first-order chi connectivity index (χ1) is 7.11. The van der Waals surface area contributed by atoms with Crippen molar-refractivity contribution in [1.29, 1.82) is 0 Å². The summed E-state index contributed by atoms with van der Waals surface area (Å²) in [6, 6.07) is 1.82. The summed E-state index contributed by atoms with van der Waals surface area (Å²) < 4.78 is 0. The number of ketones is 1. The van der Waals surface area contributed by atoms with Crippen LogP contribution in [-0.4, -0.2) is 15.8 Å². The first-order valence-electron chi connectivity index (χ1n) is 4.77. The number of carbonyl (C=O) groups is 1. The molecule has 0 aliphatic carbocycles. The van der Waals surface area contributed by atoms with Crippen LogP contribution in [0.4, 0.5) is 0 Å². The van der Waals surface area contributed by atoms with Gasteiger partial charge >= 0.3 is 0 Å². The smallest absolute Gasteiger partial charge is 0.168 e. The van der Waals surface area contributed by atoms with Gasteiger partial charge < -0.3 is 4.98 Å². The molecule has 2 aromatic rings. The molecule has 0 aromatic carbocycles. The maximum Gasteiger partial charge on any atom is 0.168 e. The third-order valence-electron chi connectivity index (χ3n) is 2.31. The van der Waals surface area contributed by atoms with Gasteiger partial charge in [0.25, 0.3) is 0 Å². The van der Waals surface area contributed by atoms with Crippen LogP contribution in [0.2, 0.25) is 5.02 Å². The van der Waals surface area contributed by atoms with Gasteiger partial charge in [-0.15, -0.1) is 0 Å². The lowest BCUT2D eigenvalue weighted by molar-refractivity contribution is 0.0939. The molecular weight excluding hydrogens is 212 g/mol. The van der Waals surface area contributed by atoms with E-state index >= 15 is 0 Å². The highest BCUT2D eigenvalue weighted by Gasteiger charge is 2.16. The van der Waals surface area contributed by atoms with Gasteiger partial charge in [-0.3, -0.25) is 4.79 Å². The molecule has 0 spiro atoms. The monoisotopic (exact) mass is 222 g/mol. The number of H-pyrrole nitrogens is 1. The van der Waals surface area contributed by atoms with E-state index in [4.69, 9.17) is 11.6 Å². The van der Waals surface area contributed by atoms with Gasteiger partial charge in [0.2, 0.25) is 0 Å². The number of rotatable bonds is 2. The Balaban J connectivity index is 2.62. The van der Waals surface area contributed by atoms with Crippen molar-refractivity contribution in [3.05, 3.63) is 29.0 Å². The Hall–Kier alpha value is -1.35. The molecule has 0 unspecified atom stereocenters. The van der Waals surface area contributed by atoms with Crippen molar-refractivity contribution >= 4 is 28.4 Å². The Labute approximate surface area is 92.5 Å². The Kier molecular flexibility index (Phi) is 2.49. The second-order valence-electron chi connectivity index (χ2n) is 3.74. The highest BCUT2D eigenvalue weighted by atomic mass is 35.5. The normalized spacial score (nSPS) is 11.2. The molecule has 0 amide bonds. The third-order valence-corrected chi connectivity index (χ3v) is 2.72. The first kappa shape index (κ1) is 10.2. The molecule has 0 radical (unpaired) electrons. The van der Waals surface area contributed by atoms with Crippen LogP contribution in [0.15, 0.2) is 18.5 Å². The molecule has 2 heterocycles. The van der Waals surface area contributed by atoms with E-state index in [2.05, 4.69) is 9.97 Å². The van der Waals surface area contributed by atoms with E-state index in [-0.39, 0.29) is 11.7 Å². The number of nitrogens with zero attached hydrogens (tertiary/aromatic N) is 1. The summed E-state index contributed by atoms with van der Waals surface area (Å²) in [6.45, 7) is 3.69. The molecule has 78 valence electrons. The Morgan fingerprint density at radius 3 is 2.93 bits per heavy atom. The number of Topliss-reactive ketones (excluding diaryl/α,β-unsaturated/α-hetero) is 1. The number of aromatic amines is 1. The average Bonchev–Trinajstić information content (AvgIpc) is 2.66. The van der Waals surface area contributed by atoms with Gasteiger partial charge in [0, 0.05) is 23.7 Å². The fourth-order valence-electron chi connectivity index (χ4n) is 1.46. The van der Waals surface area contributed by atoms with Gasteiger partial charge in [-0.05, 0) is 6.07 Å². The number of nitrogens with one attached hydrogen (secondary N) is 1. The van der Waals surface area contributed by atoms with E-state index in [1.54, 1.807) is 6.20 Å². The number of halogens is 1. The number of hydrogen-bond acceptors (Lipinski definition) is 2. The van der Waals surface area contributed by atoms with Crippen molar-refractivity contribution in [2.75, 3.05) is 0 Å². The topological polar surface area (TPSA) is 45.8 Å². The summed E-state index contributed by atoms with van der Waals surface area (Å²) in [4.78, 5) is 18.9. The summed E-state index contributed by atoms with van der Waals surface area (Å²) in [5.74, 6) is -0.0451. The fraction of sp³-hybridized carbons (Fsp3) is 0.273. The van der Waals surface area contributed by atoms with Crippen molar-refractivity contribution in [3.63, 3.8) is 0 Å². The van der Waals surface area contributed by atoms with Crippen molar-refractivity contribution in [2.45, 2.75) is 13.8 Å². The third kappa shape index (κ3) is 1.63. The Morgan fingerprint density at radius 1 is 1.53 bits per heavy atom. The minimum absolute atomic E-state index is 0.0237. The van der Waals surface area contributed by atoms with Crippen molar-refractivity contribution in [2.24, 2.45) is 5.92 Å². The van der Waals surface area contributed by atoms with Crippen molar-refractivity contribution in [3.8, 4) is 0 Å². The van der Waals surface area contributed by atoms with Gasteiger partial charge in [-0.2, -0.15) is 0 Å². The number of carbonyl (C=O) groups excluding carboxylic acids is 1. The van der Waals surface area contributed by atoms with Gasteiger partial charge in [0.15, 0.2) is 5.78 Å². The van der Waals surface area contributed by atoms with E-state index in [0.717, 1.165) is 5.39 Å². The molecule has 2 aromatic heterocycles. The van der Waals surface area contributed by atoms with Crippen LogP contribution < -0.4 is 0 Å². The molecule has 0 saturated carbocycles. The molecule has 1 N–H and O–H groups in total. The van der Waals surface area contributed by atoms with Crippen LogP contribution in [0.5, 0.6) is 0 Å². The second kappa shape index (κ2) is 3.66. The molecule has 0 aliphatic heterocycles. The summed E-state index contributed by atoms with van der Waals surface area (Å²) >= 11 is 6.14. The number of aromatic nitrogens is 2. The van der Waals surface area contributed by atoms with E-state index in [0.29, 0.717) is 16.2 Å². The molecule has 0 saturated heterocycles. The number of fused-ring (bicyclic) bond motifs is 1. The first-order valence-corrected chi connectivity index (χ1v) is 5.15. The summed E-state index contributed by atoms with van der Waals surface area (Å²) in [6.07, 6.45) is 3.29. The zero-order chi connectivity index (χ0) is 11.0. The van der Waals surface area contributed by atoms with E-state index in [9.17, 15) is 4.79 Å². The quantitative estimate of drug-likeness (QED) is 0.794. The van der Waals surface area contributed by atoms with Crippen molar-refractivity contribution < 1.29 is 4.79 Å². The Bertz CT molecular complexity index is 516. The summed E-state index contributed by atoms with van der Waals surface area (Å²) in [5.41, 5.74) is 1.21. The van der Waals surface area contributed by atoms with Gasteiger partial charge in [0.1, 0.15) is 5.65 Å². The van der Waals surface area contributed by atoms with Crippen LogP contribution in [0.1, 0.15) is 24.2 Å². The molecule has 15 heavy (non-hydrogen) atoms. The lowest BCUT2D eigenvalue weighted by atomic mass is 10.0. The zero-order valence-corrected chi connectivity index (χ0v) is 9.30. The largest absolute Gasteiger partial charge is 0.346 e. The molecule has 4 heteroatoms. The van der Waals surface area contributed by atoms with Crippen LogP contribution in [0.3, 0.4) is 0 Å². The van der Waals surface area contributed by atoms with E-state index in [1.807, 2.05) is 19.9 Å². The number of hydrogen-bond donors (Lipinski definition) is 1. The maximum absolute atomic E-state index is 11.8. The molecule has 3 nitrogen and oxygen atoms in total. The summed E-state index contributed by atoms with van der Waals surface area (Å²) in [7, 11) is 0. The lowest BCUT2D eigenvalue weighted by Crippen LogP contribution is -2.08. The molecule has 0 fully saturated rings. The highest BCUT2D eigenvalue weighted by molar-refractivity contribution is 6.38. The fourth-order valence-corrected chi connectivity index (χ4v) is 1.75. The van der Waals surface area contributed by atoms with Gasteiger partial charge in [-0.1, -0.05) is 25.4 Å². The van der Waals surface area contributed by atoms with Crippen LogP contribution >= 0.6 is 11.6 Å². The average molecular weight is 223 g/mol. The SMILES string of the molecule is CC(C)C(=O)c1cnc2[nH]ccc2c1Cl. The predicted molar refractivity (Wildman–Crippen MR) is 60.3 cm³/mol. The standard InChI is InChI=1S/C11H11ClN2O/c1-6(2)10(15)8-5-14-11-7(9(8)12)3-4-13-11/h3-6H,1-2H3,(H,13,14). The van der Waals surface area contributed by atoms with Gasteiger partial charge in [0.05, 0.1) is 10.6 Å². The maximum atomic E-state index is 11.8. The van der Waals surface area contributed by atoms with Gasteiger partial charge in [-0.25, -0.2) is 4.98 Å². The predicted octanol–water partition coefficient (Wildman–Crippen LogP) is 3.06. The molecule has 0 bridgehead atoms. The minimum atomic E-state index is -0.0688. The molecule has 0 atom stereocenters. The highest BCUT2D eigenvalue weighted by Crippen LogP contribution is 2.26. The molecule has 0 aliphatic rings.